The molecule has 0 aromatic heterocycles. The number of non-ortho nitro benzene ring substituents is 2. The zero-order valence-corrected chi connectivity index (χ0v) is 11.9. The zero-order chi connectivity index (χ0) is 16.6. The van der Waals surface area contributed by atoms with Crippen LogP contribution in [0.4, 0.5) is 21.5 Å². The molecule has 118 valence electrons. The molecular formula is C15H12FN3O4. The minimum absolute atomic E-state index is 0.00484. The molecule has 0 spiro atoms. The van der Waals surface area contributed by atoms with Gasteiger partial charge in [-0.05, 0) is 23.6 Å². The summed E-state index contributed by atoms with van der Waals surface area (Å²) in [5.74, 6) is -0.673. The fourth-order valence-corrected chi connectivity index (χ4v) is 2.73. The Morgan fingerprint density at radius 1 is 0.957 bits per heavy atom. The van der Waals surface area contributed by atoms with E-state index in [2.05, 4.69) is 0 Å². The van der Waals surface area contributed by atoms with E-state index in [1.165, 1.54) is 24.3 Å². The summed E-state index contributed by atoms with van der Waals surface area (Å²) in [6.07, 6.45) is 0.629. The Hall–Kier alpha value is -3.03. The van der Waals surface area contributed by atoms with Crippen molar-refractivity contribution in [3.63, 3.8) is 0 Å². The number of nitro groups is 2. The average Bonchev–Trinajstić information content (AvgIpc) is 2.53. The Morgan fingerprint density at radius 2 is 1.61 bits per heavy atom. The lowest BCUT2D eigenvalue weighted by Gasteiger charge is -2.30. The highest BCUT2D eigenvalue weighted by atomic mass is 19.1. The number of benzene rings is 2. The van der Waals surface area contributed by atoms with Gasteiger partial charge in [0.25, 0.3) is 11.4 Å². The van der Waals surface area contributed by atoms with Crippen molar-refractivity contribution in [3.8, 4) is 0 Å². The molecule has 3 rings (SSSR count). The normalized spacial score (nSPS) is 13.5. The molecule has 2 aromatic rings. The van der Waals surface area contributed by atoms with Gasteiger partial charge in [0.05, 0.1) is 21.6 Å². The zero-order valence-electron chi connectivity index (χ0n) is 11.9. The Morgan fingerprint density at radius 3 is 2.26 bits per heavy atom. The predicted octanol–water partition coefficient (Wildman–Crippen LogP) is 3.20. The van der Waals surface area contributed by atoms with E-state index >= 15 is 0 Å². The van der Waals surface area contributed by atoms with Gasteiger partial charge in [0.2, 0.25) is 0 Å². The summed E-state index contributed by atoms with van der Waals surface area (Å²) in [7, 11) is 0. The van der Waals surface area contributed by atoms with Crippen LogP contribution in [0.25, 0.3) is 0 Å². The number of rotatable bonds is 3. The van der Waals surface area contributed by atoms with Crippen molar-refractivity contribution >= 4 is 17.1 Å². The van der Waals surface area contributed by atoms with Crippen LogP contribution in [0, 0.1) is 26.0 Å². The van der Waals surface area contributed by atoms with Crippen LogP contribution in [0.1, 0.15) is 11.1 Å². The fraction of sp³-hybridized carbons (Fsp3) is 0.200. The first-order chi connectivity index (χ1) is 11.0. The second kappa shape index (κ2) is 5.64. The van der Waals surface area contributed by atoms with E-state index in [0.29, 0.717) is 19.5 Å². The lowest BCUT2D eigenvalue weighted by molar-refractivity contribution is -0.385. The van der Waals surface area contributed by atoms with Crippen molar-refractivity contribution in [1.82, 2.24) is 0 Å². The molecule has 7 nitrogen and oxygen atoms in total. The summed E-state index contributed by atoms with van der Waals surface area (Å²) in [5.41, 5.74) is 1.71. The number of hydrogen-bond donors (Lipinski definition) is 0. The van der Waals surface area contributed by atoms with Crippen LogP contribution in [-0.2, 0) is 13.0 Å². The maximum Gasteiger partial charge on any atom is 0.272 e. The lowest BCUT2D eigenvalue weighted by Crippen LogP contribution is -2.31. The summed E-state index contributed by atoms with van der Waals surface area (Å²) >= 11 is 0. The van der Waals surface area contributed by atoms with Crippen LogP contribution in [-0.4, -0.2) is 16.4 Å². The van der Waals surface area contributed by atoms with Crippen molar-refractivity contribution in [2.75, 3.05) is 11.4 Å². The number of anilines is 1. The molecule has 0 fully saturated rings. The Kier molecular flexibility index (Phi) is 3.65. The summed E-state index contributed by atoms with van der Waals surface area (Å²) in [4.78, 5) is 22.1. The molecule has 1 aliphatic heterocycles. The van der Waals surface area contributed by atoms with Gasteiger partial charge < -0.3 is 4.90 Å². The lowest BCUT2D eigenvalue weighted by atomic mass is 9.98. The topological polar surface area (TPSA) is 89.5 Å². The van der Waals surface area contributed by atoms with Crippen LogP contribution >= 0.6 is 0 Å². The molecule has 0 N–H and O–H groups in total. The molecule has 8 heteroatoms. The summed E-state index contributed by atoms with van der Waals surface area (Å²) < 4.78 is 14.1. The van der Waals surface area contributed by atoms with Crippen LogP contribution in [0.5, 0.6) is 0 Å². The van der Waals surface area contributed by atoms with Crippen LogP contribution < -0.4 is 4.90 Å². The minimum Gasteiger partial charge on any atom is -0.364 e. The standard InChI is InChI=1S/C15H12FN3O4/c16-14-8-13(19(22)23)3-4-15(14)17-6-5-10-1-2-12(18(20)21)7-11(10)9-17/h1-4,7-8H,5-6,9H2. The molecule has 2 aromatic carbocycles. The summed E-state index contributed by atoms with van der Waals surface area (Å²) in [5, 5.41) is 21.5. The highest BCUT2D eigenvalue weighted by molar-refractivity contribution is 5.55. The third-order valence-electron chi connectivity index (χ3n) is 3.90. The predicted molar refractivity (Wildman–Crippen MR) is 80.9 cm³/mol. The fourth-order valence-electron chi connectivity index (χ4n) is 2.73. The first kappa shape index (κ1) is 14.9. The van der Waals surface area contributed by atoms with Crippen LogP contribution in [0.15, 0.2) is 36.4 Å². The second-order valence-electron chi connectivity index (χ2n) is 5.27. The third-order valence-corrected chi connectivity index (χ3v) is 3.90. The highest BCUT2D eigenvalue weighted by Crippen LogP contribution is 2.30. The van der Waals surface area contributed by atoms with Gasteiger partial charge in [0, 0.05) is 31.3 Å². The smallest absolute Gasteiger partial charge is 0.272 e. The number of hydrogen-bond acceptors (Lipinski definition) is 5. The second-order valence-corrected chi connectivity index (χ2v) is 5.27. The molecule has 0 aliphatic carbocycles. The van der Waals surface area contributed by atoms with Gasteiger partial charge >= 0.3 is 0 Å². The molecule has 0 radical (unpaired) electrons. The highest BCUT2D eigenvalue weighted by Gasteiger charge is 2.22. The molecule has 0 atom stereocenters. The first-order valence-electron chi connectivity index (χ1n) is 6.91. The molecule has 0 amide bonds. The van der Waals surface area contributed by atoms with Gasteiger partial charge in [-0.25, -0.2) is 4.39 Å². The SMILES string of the molecule is O=[N+]([O-])c1ccc(N2CCc3ccc([N+](=O)[O-])cc3C2)c(F)c1. The molecular weight excluding hydrogens is 305 g/mol. The van der Waals surface area contributed by atoms with E-state index in [9.17, 15) is 24.6 Å². The molecule has 1 heterocycles. The van der Waals surface area contributed by atoms with Crippen LogP contribution in [0.2, 0.25) is 0 Å². The van der Waals surface area contributed by atoms with E-state index < -0.39 is 15.7 Å². The van der Waals surface area contributed by atoms with Gasteiger partial charge in [-0.3, -0.25) is 20.2 Å². The number of halogens is 1. The molecule has 0 unspecified atom stereocenters. The number of nitrogens with zero attached hydrogens (tertiary/aromatic N) is 3. The van der Waals surface area contributed by atoms with Crippen molar-refractivity contribution in [3.05, 3.63) is 73.6 Å². The molecule has 1 aliphatic rings. The number of nitro benzene ring substituents is 2. The molecule has 0 saturated heterocycles. The van der Waals surface area contributed by atoms with E-state index in [1.807, 2.05) is 0 Å². The largest absolute Gasteiger partial charge is 0.364 e. The summed E-state index contributed by atoms with van der Waals surface area (Å²) in [6, 6.07) is 8.18. The minimum atomic E-state index is -0.673. The average molecular weight is 317 g/mol. The van der Waals surface area contributed by atoms with E-state index in [1.54, 1.807) is 11.0 Å². The molecule has 0 bridgehead atoms. The van der Waals surface area contributed by atoms with Gasteiger partial charge in [0.1, 0.15) is 0 Å². The maximum atomic E-state index is 14.1. The van der Waals surface area contributed by atoms with Crippen molar-refractivity contribution in [1.29, 1.82) is 0 Å². The van der Waals surface area contributed by atoms with Gasteiger partial charge in [0.15, 0.2) is 5.82 Å². The van der Waals surface area contributed by atoms with Gasteiger partial charge in [-0.15, -0.1) is 0 Å². The summed E-state index contributed by atoms with van der Waals surface area (Å²) in [6.45, 7) is 0.866. The Balaban J connectivity index is 1.91. The van der Waals surface area contributed by atoms with E-state index in [4.69, 9.17) is 0 Å². The van der Waals surface area contributed by atoms with Crippen molar-refractivity contribution < 1.29 is 14.2 Å². The molecule has 0 saturated carbocycles. The van der Waals surface area contributed by atoms with Crippen molar-refractivity contribution in [2.45, 2.75) is 13.0 Å². The first-order valence-corrected chi connectivity index (χ1v) is 6.91. The molecule has 23 heavy (non-hydrogen) atoms. The van der Waals surface area contributed by atoms with E-state index in [-0.39, 0.29) is 17.1 Å². The Labute approximate surface area is 130 Å². The van der Waals surface area contributed by atoms with Gasteiger partial charge in [-0.1, -0.05) is 6.07 Å². The monoisotopic (exact) mass is 317 g/mol. The van der Waals surface area contributed by atoms with Crippen LogP contribution in [0.3, 0.4) is 0 Å². The Bertz CT molecular complexity index is 809. The van der Waals surface area contributed by atoms with E-state index in [0.717, 1.165) is 17.2 Å². The maximum absolute atomic E-state index is 14.1. The quantitative estimate of drug-likeness (QED) is 0.640. The van der Waals surface area contributed by atoms with Gasteiger partial charge in [-0.2, -0.15) is 0 Å². The number of fused-ring (bicyclic) bond motifs is 1. The van der Waals surface area contributed by atoms with Crippen molar-refractivity contribution in [2.24, 2.45) is 0 Å². The third kappa shape index (κ3) is 2.83.